The minimum atomic E-state index is -0.489. The zero-order valence-electron chi connectivity index (χ0n) is 14.8. The van der Waals surface area contributed by atoms with Gasteiger partial charge in [-0.3, -0.25) is 9.69 Å². The van der Waals surface area contributed by atoms with Crippen molar-refractivity contribution in [3.8, 4) is 0 Å². The fourth-order valence-electron chi connectivity index (χ4n) is 5.45. The lowest BCUT2D eigenvalue weighted by Crippen LogP contribution is -2.55. The summed E-state index contributed by atoms with van der Waals surface area (Å²) in [5, 5.41) is 14.7. The first-order valence-corrected chi connectivity index (χ1v) is 9.53. The highest BCUT2D eigenvalue weighted by Gasteiger charge is 2.59. The quantitative estimate of drug-likeness (QED) is 0.586. The Hall–Kier alpha value is -0.910. The number of rotatable bonds is 2. The molecule has 2 saturated heterocycles. The molecule has 0 amide bonds. The van der Waals surface area contributed by atoms with Crippen molar-refractivity contribution >= 4 is 5.97 Å². The monoisotopic (exact) mass is 334 g/mol. The lowest BCUT2D eigenvalue weighted by Gasteiger charge is -2.52. The van der Waals surface area contributed by atoms with Crippen LogP contribution in [0.4, 0.5) is 0 Å². The van der Waals surface area contributed by atoms with E-state index >= 15 is 0 Å². The second kappa shape index (κ2) is 6.11. The molecule has 0 bridgehead atoms. The van der Waals surface area contributed by atoms with Crippen molar-refractivity contribution in [3.63, 3.8) is 0 Å². The van der Waals surface area contributed by atoms with Crippen molar-refractivity contribution in [1.29, 1.82) is 0 Å². The number of carbonyl (C=O) groups excluding carboxylic acids is 1. The average molecular weight is 334 g/mol. The first-order chi connectivity index (χ1) is 11.5. The van der Waals surface area contributed by atoms with E-state index in [2.05, 4.69) is 30.1 Å². The summed E-state index contributed by atoms with van der Waals surface area (Å²) in [7, 11) is 0. The summed E-state index contributed by atoms with van der Waals surface area (Å²) in [5.74, 6) is 0.104. The summed E-state index contributed by atoms with van der Waals surface area (Å²) < 4.78 is 5.74. The Labute approximate surface area is 144 Å². The van der Waals surface area contributed by atoms with Crippen LogP contribution in [0.15, 0.2) is 11.6 Å². The predicted molar refractivity (Wildman–Crippen MR) is 91.4 cm³/mol. The molecule has 0 aromatic carbocycles. The fourth-order valence-corrected chi connectivity index (χ4v) is 5.45. The van der Waals surface area contributed by atoms with E-state index in [0.717, 1.165) is 52.0 Å². The van der Waals surface area contributed by atoms with Crippen LogP contribution in [0.5, 0.6) is 0 Å². The summed E-state index contributed by atoms with van der Waals surface area (Å²) in [4.78, 5) is 14.9. The molecule has 0 aromatic heterocycles. The smallest absolute Gasteiger partial charge is 0.311 e. The minimum Gasteiger partial charge on any atom is -0.461 e. The van der Waals surface area contributed by atoms with Gasteiger partial charge >= 0.3 is 5.97 Å². The van der Waals surface area contributed by atoms with Crippen molar-refractivity contribution in [1.82, 2.24) is 10.2 Å². The predicted octanol–water partition coefficient (Wildman–Crippen LogP) is 1.18. The maximum Gasteiger partial charge on any atom is 0.311 e. The van der Waals surface area contributed by atoms with Gasteiger partial charge in [0.2, 0.25) is 0 Å². The van der Waals surface area contributed by atoms with Gasteiger partial charge in [0.25, 0.3) is 0 Å². The maximum atomic E-state index is 12.6. The van der Waals surface area contributed by atoms with Gasteiger partial charge < -0.3 is 15.2 Å². The number of carbonyl (C=O) groups is 1. The highest BCUT2D eigenvalue weighted by molar-refractivity contribution is 5.76. The summed E-state index contributed by atoms with van der Waals surface area (Å²) in [6, 6.07) is 0. The molecule has 4 rings (SSSR count). The number of esters is 1. The Kier molecular flexibility index (Phi) is 4.22. The van der Waals surface area contributed by atoms with E-state index in [-0.39, 0.29) is 29.3 Å². The molecule has 5 nitrogen and oxygen atoms in total. The summed E-state index contributed by atoms with van der Waals surface area (Å²) in [5.41, 5.74) is 1.11. The second-order valence-corrected chi connectivity index (χ2v) is 8.35. The Balaban J connectivity index is 1.59. The molecule has 2 N–H and O–H groups in total. The molecule has 2 aliphatic carbocycles. The van der Waals surface area contributed by atoms with Crippen LogP contribution >= 0.6 is 0 Å². The Morgan fingerprint density at radius 2 is 2.17 bits per heavy atom. The number of aliphatic hydroxyl groups is 1. The van der Waals surface area contributed by atoms with Gasteiger partial charge in [-0.15, -0.1) is 0 Å². The molecule has 134 valence electrons. The minimum absolute atomic E-state index is 0.0601. The number of ether oxygens (including phenoxy) is 1. The third kappa shape index (κ3) is 2.44. The van der Waals surface area contributed by atoms with Crippen LogP contribution in [0.3, 0.4) is 0 Å². The lowest BCUT2D eigenvalue weighted by molar-refractivity contribution is -0.145. The molecule has 2 aliphatic heterocycles. The molecular weight excluding hydrogens is 304 g/mol. The van der Waals surface area contributed by atoms with Gasteiger partial charge in [0, 0.05) is 50.5 Å². The van der Waals surface area contributed by atoms with Crippen LogP contribution in [0, 0.1) is 23.2 Å². The molecule has 1 saturated carbocycles. The van der Waals surface area contributed by atoms with Gasteiger partial charge in [-0.25, -0.2) is 0 Å². The number of hydrogen-bond donors (Lipinski definition) is 2. The van der Waals surface area contributed by atoms with Crippen molar-refractivity contribution < 1.29 is 14.6 Å². The number of nitrogens with zero attached hydrogens (tertiary/aromatic N) is 1. The van der Waals surface area contributed by atoms with Gasteiger partial charge in [-0.05, 0) is 18.8 Å². The second-order valence-electron chi connectivity index (χ2n) is 8.35. The number of fused-ring (bicyclic) bond motifs is 2. The molecule has 5 heteroatoms. The van der Waals surface area contributed by atoms with E-state index in [9.17, 15) is 9.90 Å². The van der Waals surface area contributed by atoms with Crippen LogP contribution < -0.4 is 5.32 Å². The molecule has 24 heavy (non-hydrogen) atoms. The van der Waals surface area contributed by atoms with Gasteiger partial charge in [-0.2, -0.15) is 0 Å². The highest BCUT2D eigenvalue weighted by Crippen LogP contribution is 2.56. The van der Waals surface area contributed by atoms with Gasteiger partial charge in [-0.1, -0.05) is 25.5 Å². The Morgan fingerprint density at radius 1 is 1.42 bits per heavy atom. The molecule has 6 unspecified atom stereocenters. The van der Waals surface area contributed by atoms with Crippen LogP contribution in [-0.2, 0) is 9.53 Å². The highest BCUT2D eigenvalue weighted by atomic mass is 16.6. The number of allylic oxidation sites excluding steroid dienone is 1. The van der Waals surface area contributed by atoms with Gasteiger partial charge in [0.1, 0.15) is 6.10 Å². The molecule has 0 spiro atoms. The van der Waals surface area contributed by atoms with E-state index in [1.165, 1.54) is 5.57 Å². The van der Waals surface area contributed by atoms with Gasteiger partial charge in [0.05, 0.1) is 12.0 Å². The zero-order valence-corrected chi connectivity index (χ0v) is 14.8. The molecule has 0 aromatic rings. The Bertz CT molecular complexity index is 543. The summed E-state index contributed by atoms with van der Waals surface area (Å²) in [6.07, 6.45) is 4.67. The van der Waals surface area contributed by atoms with Crippen LogP contribution in [-0.4, -0.2) is 60.9 Å². The van der Waals surface area contributed by atoms with E-state index in [1.807, 2.05) is 0 Å². The number of hydrogen-bond acceptors (Lipinski definition) is 5. The van der Waals surface area contributed by atoms with E-state index < -0.39 is 6.10 Å². The first kappa shape index (κ1) is 16.6. The summed E-state index contributed by atoms with van der Waals surface area (Å²) in [6.45, 7) is 9.06. The van der Waals surface area contributed by atoms with Crippen molar-refractivity contribution in [2.24, 2.45) is 23.2 Å². The average Bonchev–Trinajstić information content (AvgIpc) is 2.87. The number of nitrogens with one attached hydrogen (secondary N) is 1. The molecule has 3 fully saturated rings. The first-order valence-electron chi connectivity index (χ1n) is 9.53. The van der Waals surface area contributed by atoms with Crippen molar-refractivity contribution in [2.45, 2.75) is 45.3 Å². The standard InChI is InChI=1S/C19H30N2O3/c1-12-4-3-5-13-10-15-16(17(22)19(12,13)2)14(18(23)24-15)11-21-8-6-20-7-9-21/h5,12,14-17,20,22H,3-4,6-11H2,1-2H3. The summed E-state index contributed by atoms with van der Waals surface area (Å²) >= 11 is 0. The van der Waals surface area contributed by atoms with Crippen molar-refractivity contribution in [3.05, 3.63) is 11.6 Å². The lowest BCUT2D eigenvalue weighted by atomic mass is 9.55. The van der Waals surface area contributed by atoms with E-state index in [1.54, 1.807) is 0 Å². The zero-order chi connectivity index (χ0) is 16.9. The fraction of sp³-hybridized carbons (Fsp3) is 0.842. The molecule has 2 heterocycles. The van der Waals surface area contributed by atoms with Crippen LogP contribution in [0.1, 0.15) is 33.1 Å². The van der Waals surface area contributed by atoms with E-state index in [4.69, 9.17) is 4.74 Å². The molecule has 4 aliphatic rings. The van der Waals surface area contributed by atoms with Crippen LogP contribution in [0.25, 0.3) is 0 Å². The third-order valence-corrected chi connectivity index (χ3v) is 7.23. The largest absolute Gasteiger partial charge is 0.461 e. The van der Waals surface area contributed by atoms with Gasteiger partial charge in [0.15, 0.2) is 0 Å². The number of aliphatic hydroxyl groups excluding tert-OH is 1. The Morgan fingerprint density at radius 3 is 2.92 bits per heavy atom. The van der Waals surface area contributed by atoms with Crippen LogP contribution in [0.2, 0.25) is 0 Å². The normalized spacial score (nSPS) is 46.0. The SMILES string of the molecule is CC1CCC=C2CC3OC(=O)C(CN4CCNCC4)C3C(O)C21C. The number of piperazine rings is 1. The molecule has 0 radical (unpaired) electrons. The van der Waals surface area contributed by atoms with E-state index in [0.29, 0.717) is 5.92 Å². The molecular formula is C19H30N2O3. The maximum absolute atomic E-state index is 12.6. The van der Waals surface area contributed by atoms with Crippen molar-refractivity contribution in [2.75, 3.05) is 32.7 Å². The molecule has 6 atom stereocenters. The third-order valence-electron chi connectivity index (χ3n) is 7.23. The topological polar surface area (TPSA) is 61.8 Å².